The van der Waals surface area contributed by atoms with E-state index in [2.05, 4.69) is 11.0 Å². The minimum absolute atomic E-state index is 0.253. The molecule has 1 aromatic carbocycles. The second-order valence-corrected chi connectivity index (χ2v) is 7.98. The molecule has 1 aliphatic carbocycles. The van der Waals surface area contributed by atoms with Crippen LogP contribution in [-0.2, 0) is 9.84 Å². The zero-order valence-electron chi connectivity index (χ0n) is 12.8. The summed E-state index contributed by atoms with van der Waals surface area (Å²) in [4.78, 5) is 2.37. The van der Waals surface area contributed by atoms with E-state index in [1.807, 2.05) is 0 Å². The van der Waals surface area contributed by atoms with E-state index in [9.17, 15) is 13.5 Å². The molecule has 1 N–H and O–H groups in total. The molecule has 1 aromatic rings. The Balaban J connectivity index is 1.99. The first-order valence-corrected chi connectivity index (χ1v) is 9.36. The van der Waals surface area contributed by atoms with Crippen LogP contribution < -0.4 is 0 Å². The van der Waals surface area contributed by atoms with Crippen LogP contribution in [0.3, 0.4) is 0 Å². The Kier molecular flexibility index (Phi) is 5.57. The van der Waals surface area contributed by atoms with Gasteiger partial charge < -0.3 is 5.11 Å². The van der Waals surface area contributed by atoms with Gasteiger partial charge in [-0.3, -0.25) is 4.90 Å². The van der Waals surface area contributed by atoms with E-state index in [-0.39, 0.29) is 4.90 Å². The van der Waals surface area contributed by atoms with Crippen molar-refractivity contribution in [3.63, 3.8) is 0 Å². The number of rotatable bonds is 8. The Morgan fingerprint density at radius 3 is 2.50 bits per heavy atom. The molecule has 0 saturated heterocycles. The number of aliphatic hydroxyl groups excluding tert-OH is 1. The highest BCUT2D eigenvalue weighted by Gasteiger charge is 2.25. The normalized spacial score (nSPS) is 16.5. The third-order valence-corrected chi connectivity index (χ3v) is 5.01. The van der Waals surface area contributed by atoms with E-state index in [0.717, 1.165) is 12.8 Å². The van der Waals surface area contributed by atoms with Crippen molar-refractivity contribution in [2.45, 2.75) is 30.3 Å². The van der Waals surface area contributed by atoms with E-state index in [0.29, 0.717) is 31.0 Å². The summed E-state index contributed by atoms with van der Waals surface area (Å²) in [5, 5.41) is 19.1. The van der Waals surface area contributed by atoms with Gasteiger partial charge in [-0.25, -0.2) is 8.42 Å². The Morgan fingerprint density at radius 2 is 2.00 bits per heavy atom. The third kappa shape index (κ3) is 5.09. The van der Waals surface area contributed by atoms with Gasteiger partial charge in [0.15, 0.2) is 9.84 Å². The highest BCUT2D eigenvalue weighted by atomic mass is 32.2. The maximum absolute atomic E-state index is 11.4. The maximum Gasteiger partial charge on any atom is 0.175 e. The van der Waals surface area contributed by atoms with Crippen LogP contribution in [0.4, 0.5) is 0 Å². The summed E-state index contributed by atoms with van der Waals surface area (Å²) < 4.78 is 22.9. The number of benzene rings is 1. The minimum Gasteiger partial charge on any atom is -0.387 e. The van der Waals surface area contributed by atoms with Gasteiger partial charge in [-0.15, -0.1) is 0 Å². The lowest BCUT2D eigenvalue weighted by molar-refractivity contribution is 0.111. The quantitative estimate of drug-likeness (QED) is 0.788. The molecule has 1 saturated carbocycles. The lowest BCUT2D eigenvalue weighted by atomic mass is 10.1. The second kappa shape index (κ2) is 7.23. The maximum atomic E-state index is 11.4. The Labute approximate surface area is 132 Å². The predicted molar refractivity (Wildman–Crippen MR) is 83.9 cm³/mol. The van der Waals surface area contributed by atoms with Gasteiger partial charge in [0.1, 0.15) is 0 Å². The molecule has 2 rings (SSSR count). The molecule has 0 spiro atoms. The van der Waals surface area contributed by atoms with Crippen LogP contribution in [-0.4, -0.2) is 44.3 Å². The van der Waals surface area contributed by atoms with Gasteiger partial charge >= 0.3 is 0 Å². The summed E-state index contributed by atoms with van der Waals surface area (Å²) in [5.41, 5.74) is 0.699. The van der Waals surface area contributed by atoms with E-state index >= 15 is 0 Å². The summed E-state index contributed by atoms with van der Waals surface area (Å²) in [6, 6.07) is 8.49. The van der Waals surface area contributed by atoms with Gasteiger partial charge in [-0.05, 0) is 36.5 Å². The van der Waals surface area contributed by atoms with Crippen LogP contribution in [0.2, 0.25) is 0 Å². The third-order valence-electron chi connectivity index (χ3n) is 3.88. The predicted octanol–water partition coefficient (Wildman–Crippen LogP) is 1.75. The molecule has 0 amide bonds. The molecule has 0 aromatic heterocycles. The average Bonchev–Trinajstić information content (AvgIpc) is 3.28. The van der Waals surface area contributed by atoms with Gasteiger partial charge in [-0.1, -0.05) is 12.1 Å². The largest absolute Gasteiger partial charge is 0.387 e. The summed E-state index contributed by atoms with van der Waals surface area (Å²) in [6.45, 7) is 2.04. The molecule has 0 radical (unpaired) electrons. The van der Waals surface area contributed by atoms with Gasteiger partial charge in [0.05, 0.1) is 17.1 Å². The topological polar surface area (TPSA) is 81.4 Å². The standard InChI is InChI=1S/C16H22N2O3S/c1-22(20,21)15-7-5-14(6-8-15)16(19)12-18(10-2-9-17)11-13-3-4-13/h5-8,13,16,19H,2-4,10-12H2,1H3. The molecule has 1 aliphatic rings. The van der Waals surface area contributed by atoms with Crippen LogP contribution in [0.15, 0.2) is 29.2 Å². The van der Waals surface area contributed by atoms with Crippen molar-refractivity contribution in [2.24, 2.45) is 5.92 Å². The van der Waals surface area contributed by atoms with E-state index < -0.39 is 15.9 Å². The Morgan fingerprint density at radius 1 is 1.36 bits per heavy atom. The van der Waals surface area contributed by atoms with Crippen LogP contribution in [0.1, 0.15) is 30.9 Å². The highest BCUT2D eigenvalue weighted by molar-refractivity contribution is 7.90. The van der Waals surface area contributed by atoms with Crippen molar-refractivity contribution in [3.8, 4) is 6.07 Å². The van der Waals surface area contributed by atoms with Crippen LogP contribution >= 0.6 is 0 Å². The minimum atomic E-state index is -3.22. The Hall–Kier alpha value is -1.42. The van der Waals surface area contributed by atoms with Gasteiger partial charge in [-0.2, -0.15) is 5.26 Å². The van der Waals surface area contributed by atoms with E-state index in [4.69, 9.17) is 5.26 Å². The van der Waals surface area contributed by atoms with Gasteiger partial charge in [0, 0.05) is 32.3 Å². The molecular formula is C16H22N2O3S. The zero-order chi connectivity index (χ0) is 16.2. The molecule has 6 heteroatoms. The van der Waals surface area contributed by atoms with Crippen molar-refractivity contribution >= 4 is 9.84 Å². The number of aliphatic hydroxyl groups is 1. The highest BCUT2D eigenvalue weighted by Crippen LogP contribution is 2.30. The first-order valence-electron chi connectivity index (χ1n) is 7.47. The Bertz CT molecular complexity index is 630. The number of nitriles is 1. The first-order chi connectivity index (χ1) is 10.4. The number of hydrogen-bond donors (Lipinski definition) is 1. The monoisotopic (exact) mass is 322 g/mol. The summed E-state index contributed by atoms with van der Waals surface area (Å²) in [5.74, 6) is 0.693. The van der Waals surface area contributed by atoms with Crippen molar-refractivity contribution in [1.29, 1.82) is 5.26 Å². The van der Waals surface area contributed by atoms with Crippen molar-refractivity contribution in [3.05, 3.63) is 29.8 Å². The van der Waals surface area contributed by atoms with Crippen molar-refractivity contribution < 1.29 is 13.5 Å². The van der Waals surface area contributed by atoms with Gasteiger partial charge in [0.25, 0.3) is 0 Å². The van der Waals surface area contributed by atoms with Crippen LogP contribution in [0.25, 0.3) is 0 Å². The molecule has 0 bridgehead atoms. The zero-order valence-corrected chi connectivity index (χ0v) is 13.6. The summed E-state index contributed by atoms with van der Waals surface area (Å²) in [7, 11) is -3.22. The fourth-order valence-corrected chi connectivity index (χ4v) is 3.05. The fourth-order valence-electron chi connectivity index (χ4n) is 2.42. The second-order valence-electron chi connectivity index (χ2n) is 5.97. The molecule has 5 nitrogen and oxygen atoms in total. The molecule has 120 valence electrons. The van der Waals surface area contributed by atoms with Crippen LogP contribution in [0, 0.1) is 17.2 Å². The molecule has 1 fully saturated rings. The molecule has 1 atom stereocenters. The van der Waals surface area contributed by atoms with E-state index in [1.165, 1.54) is 25.0 Å². The number of nitrogens with zero attached hydrogens (tertiary/aromatic N) is 2. The number of sulfone groups is 1. The smallest absolute Gasteiger partial charge is 0.175 e. The SMILES string of the molecule is CS(=O)(=O)c1ccc(C(O)CN(CCC#N)CC2CC2)cc1. The van der Waals surface area contributed by atoms with Crippen molar-refractivity contribution in [2.75, 3.05) is 25.9 Å². The lowest BCUT2D eigenvalue weighted by Gasteiger charge is -2.24. The molecule has 1 unspecified atom stereocenters. The fraction of sp³-hybridized carbons (Fsp3) is 0.562. The molecule has 22 heavy (non-hydrogen) atoms. The summed E-state index contributed by atoms with van der Waals surface area (Å²) in [6.07, 6.45) is 3.39. The molecular weight excluding hydrogens is 300 g/mol. The lowest BCUT2D eigenvalue weighted by Crippen LogP contribution is -2.31. The van der Waals surface area contributed by atoms with Gasteiger partial charge in [0.2, 0.25) is 0 Å². The molecule has 0 heterocycles. The summed E-state index contributed by atoms with van der Waals surface area (Å²) >= 11 is 0. The first kappa shape index (κ1) is 16.9. The van der Waals surface area contributed by atoms with Crippen molar-refractivity contribution in [1.82, 2.24) is 4.90 Å². The molecule has 0 aliphatic heterocycles. The van der Waals surface area contributed by atoms with Crippen LogP contribution in [0.5, 0.6) is 0 Å². The average molecular weight is 322 g/mol. The number of hydrogen-bond acceptors (Lipinski definition) is 5. The van der Waals surface area contributed by atoms with E-state index in [1.54, 1.807) is 12.1 Å².